The van der Waals surface area contributed by atoms with Gasteiger partial charge in [0, 0.05) is 22.8 Å². The Bertz CT molecular complexity index is 777. The van der Waals surface area contributed by atoms with Crippen molar-refractivity contribution in [1.29, 1.82) is 0 Å². The van der Waals surface area contributed by atoms with Gasteiger partial charge in [-0.15, -0.1) is 0 Å². The quantitative estimate of drug-likeness (QED) is 0.600. The molecule has 0 fully saturated rings. The van der Waals surface area contributed by atoms with E-state index in [1.165, 1.54) is 11.8 Å². The molecule has 0 spiro atoms. The number of para-hydroxylation sites is 1. The lowest BCUT2D eigenvalue weighted by atomic mass is 10.0. The number of fused-ring (bicyclic) bond motifs is 1. The molecule has 1 aliphatic heterocycles. The van der Waals surface area contributed by atoms with Crippen molar-refractivity contribution in [3.63, 3.8) is 0 Å². The van der Waals surface area contributed by atoms with Gasteiger partial charge in [0.1, 0.15) is 0 Å². The molecule has 2 aromatic rings. The summed E-state index contributed by atoms with van der Waals surface area (Å²) < 4.78 is 0. The third kappa shape index (κ3) is 3.89. The van der Waals surface area contributed by atoms with Crippen LogP contribution in [0, 0.1) is 0 Å². The largest absolute Gasteiger partial charge is 0.386 e. The van der Waals surface area contributed by atoms with Crippen molar-refractivity contribution in [2.75, 3.05) is 18.1 Å². The number of benzene rings is 2. The maximum atomic E-state index is 12.4. The SMILES string of the molecule is O=C(CO/N=C\c1ccc(Cl)cc1Cl)N1CCCc2ccccc21. The maximum Gasteiger partial charge on any atom is 0.267 e. The summed E-state index contributed by atoms with van der Waals surface area (Å²) in [5.41, 5.74) is 2.83. The summed E-state index contributed by atoms with van der Waals surface area (Å²) in [6, 6.07) is 13.0. The summed E-state index contributed by atoms with van der Waals surface area (Å²) in [5, 5.41) is 4.85. The highest BCUT2D eigenvalue weighted by atomic mass is 35.5. The van der Waals surface area contributed by atoms with Crippen molar-refractivity contribution in [3.05, 3.63) is 63.6 Å². The first-order chi connectivity index (χ1) is 11.6. The van der Waals surface area contributed by atoms with Gasteiger partial charge < -0.3 is 9.74 Å². The van der Waals surface area contributed by atoms with E-state index in [4.69, 9.17) is 28.0 Å². The minimum Gasteiger partial charge on any atom is -0.386 e. The van der Waals surface area contributed by atoms with E-state index >= 15 is 0 Å². The number of carbonyl (C=O) groups is 1. The van der Waals surface area contributed by atoms with E-state index < -0.39 is 0 Å². The van der Waals surface area contributed by atoms with Gasteiger partial charge in [-0.2, -0.15) is 0 Å². The Morgan fingerprint density at radius 2 is 2.08 bits per heavy atom. The van der Waals surface area contributed by atoms with Crippen LogP contribution in [-0.4, -0.2) is 25.3 Å². The fraction of sp³-hybridized carbons (Fsp3) is 0.222. The van der Waals surface area contributed by atoms with Crippen LogP contribution >= 0.6 is 23.2 Å². The Hall–Kier alpha value is -2.04. The summed E-state index contributed by atoms with van der Waals surface area (Å²) in [6.07, 6.45) is 3.41. The Morgan fingerprint density at radius 3 is 2.92 bits per heavy atom. The molecule has 0 aromatic heterocycles. The van der Waals surface area contributed by atoms with Crippen LogP contribution in [0.4, 0.5) is 5.69 Å². The van der Waals surface area contributed by atoms with Crippen LogP contribution in [0.1, 0.15) is 17.5 Å². The molecule has 0 N–H and O–H groups in total. The fourth-order valence-corrected chi connectivity index (χ4v) is 3.12. The molecule has 24 heavy (non-hydrogen) atoms. The number of rotatable bonds is 4. The molecular formula is C18H16Cl2N2O2. The van der Waals surface area contributed by atoms with Crippen LogP contribution < -0.4 is 4.90 Å². The maximum absolute atomic E-state index is 12.4. The second-order valence-electron chi connectivity index (χ2n) is 5.45. The number of aryl methyl sites for hydroxylation is 1. The minimum atomic E-state index is -0.115. The second kappa shape index (κ2) is 7.69. The van der Waals surface area contributed by atoms with E-state index in [-0.39, 0.29) is 12.5 Å². The van der Waals surface area contributed by atoms with Gasteiger partial charge in [-0.3, -0.25) is 4.79 Å². The number of oxime groups is 1. The molecule has 0 radical (unpaired) electrons. The van der Waals surface area contributed by atoms with E-state index in [2.05, 4.69) is 11.2 Å². The van der Waals surface area contributed by atoms with E-state index in [1.54, 1.807) is 23.1 Å². The first kappa shape index (κ1) is 16.8. The average Bonchev–Trinajstić information content (AvgIpc) is 2.59. The first-order valence-electron chi connectivity index (χ1n) is 7.64. The number of amides is 1. The zero-order chi connectivity index (χ0) is 16.9. The third-order valence-corrected chi connectivity index (χ3v) is 4.39. The summed E-state index contributed by atoms with van der Waals surface area (Å²) in [5.74, 6) is -0.110. The molecule has 4 nitrogen and oxygen atoms in total. The van der Waals surface area contributed by atoms with Gasteiger partial charge in [-0.1, -0.05) is 52.6 Å². The molecular weight excluding hydrogens is 347 g/mol. The molecule has 6 heteroatoms. The molecule has 0 atom stereocenters. The van der Waals surface area contributed by atoms with Crippen molar-refractivity contribution >= 4 is 41.0 Å². The molecule has 3 rings (SSSR count). The van der Waals surface area contributed by atoms with E-state index in [1.807, 2.05) is 18.2 Å². The van der Waals surface area contributed by atoms with Crippen molar-refractivity contribution < 1.29 is 9.63 Å². The van der Waals surface area contributed by atoms with Gasteiger partial charge in [0.05, 0.1) is 11.2 Å². The first-order valence-corrected chi connectivity index (χ1v) is 8.39. The monoisotopic (exact) mass is 362 g/mol. The van der Waals surface area contributed by atoms with E-state index in [9.17, 15) is 4.79 Å². The normalized spacial score (nSPS) is 13.8. The number of nitrogens with zero attached hydrogens (tertiary/aromatic N) is 2. The highest BCUT2D eigenvalue weighted by Crippen LogP contribution is 2.26. The second-order valence-corrected chi connectivity index (χ2v) is 6.30. The fourth-order valence-electron chi connectivity index (χ4n) is 2.66. The lowest BCUT2D eigenvalue weighted by Gasteiger charge is -2.28. The number of hydrogen-bond donors (Lipinski definition) is 0. The van der Waals surface area contributed by atoms with E-state index in [0.29, 0.717) is 22.2 Å². The molecule has 124 valence electrons. The number of carbonyl (C=O) groups excluding carboxylic acids is 1. The smallest absolute Gasteiger partial charge is 0.267 e. The molecule has 1 aliphatic rings. The highest BCUT2D eigenvalue weighted by molar-refractivity contribution is 6.36. The summed E-state index contributed by atoms with van der Waals surface area (Å²) >= 11 is 11.9. The van der Waals surface area contributed by atoms with Crippen molar-refractivity contribution in [3.8, 4) is 0 Å². The molecule has 0 aliphatic carbocycles. The average molecular weight is 363 g/mol. The van der Waals surface area contributed by atoms with E-state index in [0.717, 1.165) is 18.5 Å². The van der Waals surface area contributed by atoms with Crippen molar-refractivity contribution in [2.45, 2.75) is 12.8 Å². The zero-order valence-corrected chi connectivity index (χ0v) is 14.4. The number of halogens is 2. The standard InChI is InChI=1S/C18H16Cl2N2O2/c19-15-8-7-14(16(20)10-15)11-21-24-12-18(23)22-9-3-5-13-4-1-2-6-17(13)22/h1-2,4,6-8,10-11H,3,5,9,12H2/b21-11-. The topological polar surface area (TPSA) is 41.9 Å². The highest BCUT2D eigenvalue weighted by Gasteiger charge is 2.22. The van der Waals surface area contributed by atoms with Gasteiger partial charge in [-0.05, 0) is 36.6 Å². The lowest BCUT2D eigenvalue weighted by molar-refractivity contribution is -0.123. The molecule has 0 saturated carbocycles. The summed E-state index contributed by atoms with van der Waals surface area (Å²) in [7, 11) is 0. The van der Waals surface area contributed by atoms with Crippen LogP contribution in [0.25, 0.3) is 0 Å². The molecule has 1 amide bonds. The third-order valence-electron chi connectivity index (χ3n) is 3.83. The van der Waals surface area contributed by atoms with Gasteiger partial charge in [0.25, 0.3) is 5.91 Å². The molecule has 1 heterocycles. The molecule has 2 aromatic carbocycles. The van der Waals surface area contributed by atoms with Gasteiger partial charge in [0.15, 0.2) is 6.61 Å². The lowest BCUT2D eigenvalue weighted by Crippen LogP contribution is -2.37. The Morgan fingerprint density at radius 1 is 1.25 bits per heavy atom. The predicted octanol–water partition coefficient (Wildman–Crippen LogP) is 4.32. The predicted molar refractivity (Wildman–Crippen MR) is 97.1 cm³/mol. The van der Waals surface area contributed by atoms with Crippen LogP contribution in [-0.2, 0) is 16.1 Å². The van der Waals surface area contributed by atoms with Gasteiger partial charge in [0.2, 0.25) is 0 Å². The van der Waals surface area contributed by atoms with Crippen LogP contribution in [0.2, 0.25) is 10.0 Å². The van der Waals surface area contributed by atoms with Crippen LogP contribution in [0.15, 0.2) is 47.6 Å². The number of anilines is 1. The summed E-state index contributed by atoms with van der Waals surface area (Å²) in [4.78, 5) is 19.3. The van der Waals surface area contributed by atoms with Crippen LogP contribution in [0.3, 0.4) is 0 Å². The van der Waals surface area contributed by atoms with Crippen LogP contribution in [0.5, 0.6) is 0 Å². The Balaban J connectivity index is 1.59. The van der Waals surface area contributed by atoms with Gasteiger partial charge in [-0.25, -0.2) is 0 Å². The summed E-state index contributed by atoms with van der Waals surface area (Å²) in [6.45, 7) is 0.585. The molecule has 0 unspecified atom stereocenters. The minimum absolute atomic E-state index is 0.110. The van der Waals surface area contributed by atoms with Crippen molar-refractivity contribution in [2.24, 2.45) is 5.16 Å². The number of hydrogen-bond acceptors (Lipinski definition) is 3. The van der Waals surface area contributed by atoms with Gasteiger partial charge >= 0.3 is 0 Å². The zero-order valence-electron chi connectivity index (χ0n) is 12.9. The Labute approximate surface area is 150 Å². The molecule has 0 saturated heterocycles. The Kier molecular flexibility index (Phi) is 5.38. The van der Waals surface area contributed by atoms with Crippen molar-refractivity contribution in [1.82, 2.24) is 0 Å². The molecule has 0 bridgehead atoms.